The van der Waals surface area contributed by atoms with Gasteiger partial charge >= 0.3 is 0 Å². The summed E-state index contributed by atoms with van der Waals surface area (Å²) >= 11 is 0. The number of hydrazine groups is 1. The average Bonchev–Trinajstić information content (AvgIpc) is 2.46. The minimum absolute atomic E-state index is 0.475. The molecule has 1 aliphatic rings. The van der Waals surface area contributed by atoms with E-state index in [-0.39, 0.29) is 0 Å². The first-order valence-corrected chi connectivity index (χ1v) is 6.90. The molecule has 0 spiro atoms. The van der Waals surface area contributed by atoms with Gasteiger partial charge in [-0.1, -0.05) is 13.3 Å². The number of nitrogens with one attached hydrogen (secondary N) is 1. The number of hydrogen-bond acceptors (Lipinski definition) is 6. The molecule has 2 rings (SSSR count). The first kappa shape index (κ1) is 14.0. The maximum atomic E-state index is 5.81. The van der Waals surface area contributed by atoms with Gasteiger partial charge in [-0.15, -0.1) is 0 Å². The first-order valence-electron chi connectivity index (χ1n) is 6.90. The summed E-state index contributed by atoms with van der Waals surface area (Å²) in [5.74, 6) is 7.33. The molecule has 0 bridgehead atoms. The lowest BCUT2D eigenvalue weighted by Crippen LogP contribution is -2.40. The maximum Gasteiger partial charge on any atom is 0.218 e. The lowest BCUT2D eigenvalue weighted by molar-refractivity contribution is 0.122. The van der Waals surface area contributed by atoms with Crippen molar-refractivity contribution >= 4 is 5.82 Å². The number of anilines is 1. The Morgan fingerprint density at radius 1 is 1.47 bits per heavy atom. The van der Waals surface area contributed by atoms with Crippen LogP contribution in [0.1, 0.15) is 32.0 Å². The van der Waals surface area contributed by atoms with Gasteiger partial charge in [0.2, 0.25) is 5.88 Å². The Morgan fingerprint density at radius 3 is 3.00 bits per heavy atom. The van der Waals surface area contributed by atoms with Crippen molar-refractivity contribution in [2.45, 2.75) is 38.6 Å². The summed E-state index contributed by atoms with van der Waals surface area (Å²) in [6.07, 6.45) is 4.50. The molecule has 1 fully saturated rings. The van der Waals surface area contributed by atoms with Gasteiger partial charge in [0.1, 0.15) is 18.2 Å². The van der Waals surface area contributed by atoms with Crippen LogP contribution in [0, 0.1) is 0 Å². The minimum atomic E-state index is 0.475. The van der Waals surface area contributed by atoms with Gasteiger partial charge in [-0.2, -0.15) is 4.98 Å². The SMILES string of the molecule is CCc1nc(NN)cc(OCC2CCCCN2C)n1. The number of ether oxygens (including phenoxy) is 1. The van der Waals surface area contributed by atoms with E-state index in [1.807, 2.05) is 6.92 Å². The minimum Gasteiger partial charge on any atom is -0.476 e. The summed E-state index contributed by atoms with van der Waals surface area (Å²) in [6.45, 7) is 3.82. The van der Waals surface area contributed by atoms with Crippen LogP contribution in [0.3, 0.4) is 0 Å². The highest BCUT2D eigenvalue weighted by atomic mass is 16.5. The van der Waals surface area contributed by atoms with Crippen molar-refractivity contribution in [2.24, 2.45) is 5.84 Å². The molecule has 1 unspecified atom stereocenters. The predicted molar refractivity (Wildman–Crippen MR) is 75.0 cm³/mol. The third-order valence-corrected chi connectivity index (χ3v) is 3.56. The molecular formula is C13H23N5O. The smallest absolute Gasteiger partial charge is 0.218 e. The molecule has 3 N–H and O–H groups in total. The third-order valence-electron chi connectivity index (χ3n) is 3.56. The van der Waals surface area contributed by atoms with Crippen molar-refractivity contribution in [3.05, 3.63) is 11.9 Å². The molecule has 6 heteroatoms. The highest BCUT2D eigenvalue weighted by Crippen LogP contribution is 2.18. The number of rotatable bonds is 5. The van der Waals surface area contributed by atoms with Gasteiger partial charge < -0.3 is 15.1 Å². The molecule has 2 heterocycles. The van der Waals surface area contributed by atoms with Gasteiger partial charge in [-0.25, -0.2) is 10.8 Å². The Bertz CT molecular complexity index is 390. The normalized spacial score (nSPS) is 20.3. The predicted octanol–water partition coefficient (Wildman–Crippen LogP) is 1.19. The second-order valence-electron chi connectivity index (χ2n) is 4.95. The summed E-state index contributed by atoms with van der Waals surface area (Å²) < 4.78 is 5.81. The number of aromatic nitrogens is 2. The van der Waals surface area contributed by atoms with Crippen molar-refractivity contribution in [2.75, 3.05) is 25.6 Å². The topological polar surface area (TPSA) is 76.3 Å². The van der Waals surface area contributed by atoms with Gasteiger partial charge in [0.15, 0.2) is 0 Å². The zero-order valence-electron chi connectivity index (χ0n) is 11.7. The number of aryl methyl sites for hydroxylation is 1. The monoisotopic (exact) mass is 265 g/mol. The van der Waals surface area contributed by atoms with Gasteiger partial charge in [-0.3, -0.25) is 0 Å². The third kappa shape index (κ3) is 3.78. The highest BCUT2D eigenvalue weighted by Gasteiger charge is 2.19. The van der Waals surface area contributed by atoms with Crippen molar-refractivity contribution in [3.63, 3.8) is 0 Å². The van der Waals surface area contributed by atoms with Gasteiger partial charge in [0, 0.05) is 18.5 Å². The Balaban J connectivity index is 1.98. The molecule has 106 valence electrons. The molecule has 0 amide bonds. The molecular weight excluding hydrogens is 242 g/mol. The Hall–Kier alpha value is -1.40. The van der Waals surface area contributed by atoms with Crippen molar-refractivity contribution in [3.8, 4) is 5.88 Å². The van der Waals surface area contributed by atoms with Crippen LogP contribution in [0.2, 0.25) is 0 Å². The van der Waals surface area contributed by atoms with Gasteiger partial charge in [0.05, 0.1) is 0 Å². The zero-order valence-corrected chi connectivity index (χ0v) is 11.7. The van der Waals surface area contributed by atoms with Crippen molar-refractivity contribution < 1.29 is 4.74 Å². The Morgan fingerprint density at radius 2 is 2.32 bits per heavy atom. The largest absolute Gasteiger partial charge is 0.476 e. The van der Waals surface area contributed by atoms with Crippen LogP contribution >= 0.6 is 0 Å². The molecule has 6 nitrogen and oxygen atoms in total. The van der Waals surface area contributed by atoms with E-state index in [0.717, 1.165) is 18.8 Å². The van der Waals surface area contributed by atoms with Crippen LogP contribution in [-0.4, -0.2) is 41.1 Å². The Kier molecular flexibility index (Phi) is 4.93. The summed E-state index contributed by atoms with van der Waals surface area (Å²) in [4.78, 5) is 11.0. The summed E-state index contributed by atoms with van der Waals surface area (Å²) in [7, 11) is 2.15. The van der Waals surface area contributed by atoms with E-state index in [0.29, 0.717) is 24.3 Å². The van der Waals surface area contributed by atoms with E-state index < -0.39 is 0 Å². The lowest BCUT2D eigenvalue weighted by Gasteiger charge is -2.31. The van der Waals surface area contributed by atoms with E-state index >= 15 is 0 Å². The highest BCUT2D eigenvalue weighted by molar-refractivity contribution is 5.36. The van der Waals surface area contributed by atoms with Crippen LogP contribution < -0.4 is 16.0 Å². The van der Waals surface area contributed by atoms with E-state index in [1.165, 1.54) is 19.3 Å². The van der Waals surface area contributed by atoms with Crippen LogP contribution in [0.5, 0.6) is 5.88 Å². The molecule has 0 aromatic carbocycles. The number of hydrogen-bond donors (Lipinski definition) is 2. The van der Waals surface area contributed by atoms with Crippen LogP contribution in [-0.2, 0) is 6.42 Å². The van der Waals surface area contributed by atoms with E-state index in [4.69, 9.17) is 10.6 Å². The fourth-order valence-electron chi connectivity index (χ4n) is 2.32. The van der Waals surface area contributed by atoms with Crippen molar-refractivity contribution in [1.29, 1.82) is 0 Å². The van der Waals surface area contributed by atoms with E-state index in [9.17, 15) is 0 Å². The second kappa shape index (κ2) is 6.68. The number of likely N-dealkylation sites (N-methyl/N-ethyl adjacent to an activating group) is 1. The maximum absolute atomic E-state index is 5.81. The molecule has 0 radical (unpaired) electrons. The molecule has 1 aliphatic heterocycles. The van der Waals surface area contributed by atoms with Crippen LogP contribution in [0.4, 0.5) is 5.82 Å². The second-order valence-corrected chi connectivity index (χ2v) is 4.95. The molecule has 0 saturated carbocycles. The van der Waals surface area contributed by atoms with E-state index in [2.05, 4.69) is 27.3 Å². The Labute approximate surface area is 114 Å². The first-order chi connectivity index (χ1) is 9.22. The molecule has 1 aromatic rings. The molecule has 1 atom stereocenters. The van der Waals surface area contributed by atoms with Crippen LogP contribution in [0.25, 0.3) is 0 Å². The van der Waals surface area contributed by atoms with Gasteiger partial charge in [-0.05, 0) is 26.4 Å². The van der Waals surface area contributed by atoms with Crippen molar-refractivity contribution in [1.82, 2.24) is 14.9 Å². The fourth-order valence-corrected chi connectivity index (χ4v) is 2.32. The van der Waals surface area contributed by atoms with Gasteiger partial charge in [0.25, 0.3) is 0 Å². The summed E-state index contributed by atoms with van der Waals surface area (Å²) in [6, 6.07) is 2.21. The average molecular weight is 265 g/mol. The number of likely N-dealkylation sites (tertiary alicyclic amines) is 1. The standard InChI is InChI=1S/C13H23N5O/c1-3-11-15-12(17-14)8-13(16-11)19-9-10-6-4-5-7-18(10)2/h8,10H,3-7,9,14H2,1-2H3,(H,15,16,17). The zero-order chi connectivity index (χ0) is 13.7. The number of nitrogen functional groups attached to an aromatic ring is 1. The lowest BCUT2D eigenvalue weighted by atomic mass is 10.0. The molecule has 19 heavy (non-hydrogen) atoms. The number of nitrogens with two attached hydrogens (primary N) is 1. The number of nitrogens with zero attached hydrogens (tertiary/aromatic N) is 3. The molecule has 1 saturated heterocycles. The quantitative estimate of drug-likeness (QED) is 0.615. The van der Waals surface area contributed by atoms with Crippen LogP contribution in [0.15, 0.2) is 6.07 Å². The summed E-state index contributed by atoms with van der Waals surface area (Å²) in [5, 5.41) is 0. The summed E-state index contributed by atoms with van der Waals surface area (Å²) in [5.41, 5.74) is 2.55. The number of piperidine rings is 1. The fraction of sp³-hybridized carbons (Fsp3) is 0.692. The van der Waals surface area contributed by atoms with E-state index in [1.54, 1.807) is 6.07 Å². The molecule has 0 aliphatic carbocycles. The molecule has 1 aromatic heterocycles.